The van der Waals surface area contributed by atoms with Crippen molar-refractivity contribution in [3.63, 3.8) is 0 Å². The molecule has 2 unspecified atom stereocenters. The van der Waals surface area contributed by atoms with E-state index in [-0.39, 0.29) is 5.66 Å². The van der Waals surface area contributed by atoms with Crippen LogP contribution in [-0.2, 0) is 9.09 Å². The topological polar surface area (TPSA) is 46.5 Å². The van der Waals surface area contributed by atoms with Crippen molar-refractivity contribution < 1.29 is 14.0 Å². The van der Waals surface area contributed by atoms with E-state index in [9.17, 15) is 9.46 Å². The predicted octanol–water partition coefficient (Wildman–Crippen LogP) is 2.79. The van der Waals surface area contributed by atoms with Crippen LogP contribution in [0.4, 0.5) is 0 Å². The highest BCUT2D eigenvalue weighted by atomic mass is 31.2. The van der Waals surface area contributed by atoms with Crippen LogP contribution < -0.4 is 0 Å². The molecule has 0 aromatic carbocycles. The first kappa shape index (κ1) is 12.2. The van der Waals surface area contributed by atoms with Crippen molar-refractivity contribution in [1.29, 1.82) is 0 Å². The highest BCUT2D eigenvalue weighted by molar-refractivity contribution is 7.53. The number of hydrogen-bond donors (Lipinski definition) is 1. The Kier molecular flexibility index (Phi) is 5.81. The van der Waals surface area contributed by atoms with Gasteiger partial charge in [0.15, 0.2) is 0 Å². The predicted molar refractivity (Wildman–Crippen MR) is 50.4 cm³/mol. The first-order valence-electron chi connectivity index (χ1n) is 4.51. The average Bonchev–Trinajstić information content (AvgIpc) is 2.03. The molecule has 0 aliphatic carbocycles. The van der Waals surface area contributed by atoms with Crippen molar-refractivity contribution >= 4 is 7.60 Å². The van der Waals surface area contributed by atoms with Crippen LogP contribution in [0.15, 0.2) is 0 Å². The standard InChI is InChI=1S/C8H19O3P/c1-4-6-7-11-12(9,10)8(3)5-2/h8H,4-7H2,1-3H3,(H,9,10). The van der Waals surface area contributed by atoms with E-state index in [2.05, 4.69) is 0 Å². The van der Waals surface area contributed by atoms with E-state index in [0.29, 0.717) is 13.0 Å². The van der Waals surface area contributed by atoms with Gasteiger partial charge in [0.2, 0.25) is 0 Å². The zero-order valence-electron chi connectivity index (χ0n) is 8.12. The fourth-order valence-electron chi connectivity index (χ4n) is 0.698. The Bertz CT molecular complexity index is 158. The number of rotatable bonds is 6. The molecule has 0 bridgehead atoms. The second-order valence-electron chi connectivity index (χ2n) is 3.01. The van der Waals surface area contributed by atoms with Gasteiger partial charge in [-0.15, -0.1) is 0 Å². The normalized spacial score (nSPS) is 18.7. The maximum atomic E-state index is 11.4. The number of unbranched alkanes of at least 4 members (excludes halogenated alkanes) is 1. The molecule has 0 aromatic rings. The molecule has 0 heterocycles. The van der Waals surface area contributed by atoms with Crippen molar-refractivity contribution in [2.75, 3.05) is 6.61 Å². The molecule has 4 heteroatoms. The quantitative estimate of drug-likeness (QED) is 0.522. The van der Waals surface area contributed by atoms with Gasteiger partial charge in [-0.2, -0.15) is 0 Å². The fraction of sp³-hybridized carbons (Fsp3) is 1.00. The maximum Gasteiger partial charge on any atom is 0.330 e. The summed E-state index contributed by atoms with van der Waals surface area (Å²) < 4.78 is 16.3. The minimum absolute atomic E-state index is 0.241. The Balaban J connectivity index is 3.79. The second kappa shape index (κ2) is 5.74. The van der Waals surface area contributed by atoms with Gasteiger partial charge in [-0.25, -0.2) is 0 Å². The fourth-order valence-corrected chi connectivity index (χ4v) is 1.80. The number of hydrogen-bond acceptors (Lipinski definition) is 2. The van der Waals surface area contributed by atoms with Crippen molar-refractivity contribution in [2.45, 2.75) is 45.7 Å². The molecule has 0 fully saturated rings. The van der Waals surface area contributed by atoms with Gasteiger partial charge in [-0.05, 0) is 12.8 Å². The molecule has 3 nitrogen and oxygen atoms in total. The van der Waals surface area contributed by atoms with E-state index in [1.54, 1.807) is 6.92 Å². The van der Waals surface area contributed by atoms with Gasteiger partial charge in [-0.1, -0.05) is 27.2 Å². The van der Waals surface area contributed by atoms with E-state index < -0.39 is 7.60 Å². The molecule has 0 aliphatic rings. The van der Waals surface area contributed by atoms with E-state index in [1.807, 2.05) is 13.8 Å². The molecule has 0 saturated heterocycles. The van der Waals surface area contributed by atoms with Crippen LogP contribution in [0.3, 0.4) is 0 Å². The van der Waals surface area contributed by atoms with E-state index in [1.165, 1.54) is 0 Å². The molecule has 0 aromatic heterocycles. The van der Waals surface area contributed by atoms with Crippen molar-refractivity contribution in [2.24, 2.45) is 0 Å². The summed E-state index contributed by atoms with van der Waals surface area (Å²) in [5, 5.41) is 0. The van der Waals surface area contributed by atoms with Crippen LogP contribution in [-0.4, -0.2) is 17.2 Å². The van der Waals surface area contributed by atoms with Gasteiger partial charge in [0, 0.05) is 0 Å². The van der Waals surface area contributed by atoms with E-state index in [4.69, 9.17) is 4.52 Å². The first-order chi connectivity index (χ1) is 5.54. The van der Waals surface area contributed by atoms with Crippen LogP contribution in [0.1, 0.15) is 40.0 Å². The van der Waals surface area contributed by atoms with Crippen LogP contribution in [0.25, 0.3) is 0 Å². The molecule has 0 spiro atoms. The average molecular weight is 194 g/mol. The van der Waals surface area contributed by atoms with E-state index in [0.717, 1.165) is 12.8 Å². The lowest BCUT2D eigenvalue weighted by Crippen LogP contribution is -2.05. The molecule has 0 amide bonds. The lowest BCUT2D eigenvalue weighted by atomic mass is 10.4. The molecular formula is C8H19O3P. The zero-order chi connectivity index (χ0) is 9.61. The lowest BCUT2D eigenvalue weighted by molar-refractivity contribution is 0.247. The van der Waals surface area contributed by atoms with Gasteiger partial charge in [0.05, 0.1) is 12.3 Å². The molecule has 0 aliphatic heterocycles. The minimum atomic E-state index is -3.31. The summed E-state index contributed by atoms with van der Waals surface area (Å²) in [6, 6.07) is 0. The molecule has 0 radical (unpaired) electrons. The first-order valence-corrected chi connectivity index (χ1v) is 6.16. The molecule has 74 valence electrons. The van der Waals surface area contributed by atoms with Crippen LogP contribution >= 0.6 is 7.60 Å². The van der Waals surface area contributed by atoms with Gasteiger partial charge in [0.1, 0.15) is 0 Å². The summed E-state index contributed by atoms with van der Waals surface area (Å²) in [6.07, 6.45) is 2.52. The summed E-state index contributed by atoms with van der Waals surface area (Å²) in [7, 11) is -3.31. The van der Waals surface area contributed by atoms with Crippen molar-refractivity contribution in [3.05, 3.63) is 0 Å². The van der Waals surface area contributed by atoms with Gasteiger partial charge < -0.3 is 9.42 Å². The molecule has 0 saturated carbocycles. The molecule has 0 rings (SSSR count). The Morgan fingerprint density at radius 3 is 2.50 bits per heavy atom. The smallest absolute Gasteiger partial charge is 0.324 e. The summed E-state index contributed by atoms with van der Waals surface area (Å²) in [5.74, 6) is 0. The third kappa shape index (κ3) is 4.24. The highest BCUT2D eigenvalue weighted by Crippen LogP contribution is 2.48. The molecule has 12 heavy (non-hydrogen) atoms. The monoisotopic (exact) mass is 194 g/mol. The Morgan fingerprint density at radius 2 is 2.08 bits per heavy atom. The highest BCUT2D eigenvalue weighted by Gasteiger charge is 2.26. The summed E-state index contributed by atoms with van der Waals surface area (Å²) in [6.45, 7) is 6.05. The van der Waals surface area contributed by atoms with Crippen molar-refractivity contribution in [3.8, 4) is 0 Å². The van der Waals surface area contributed by atoms with Crippen LogP contribution in [0.2, 0.25) is 0 Å². The van der Waals surface area contributed by atoms with Crippen molar-refractivity contribution in [1.82, 2.24) is 0 Å². The third-order valence-electron chi connectivity index (χ3n) is 1.92. The van der Waals surface area contributed by atoms with E-state index >= 15 is 0 Å². The SMILES string of the molecule is CCCCOP(=O)(O)C(C)CC. The summed E-state index contributed by atoms with van der Waals surface area (Å²) in [4.78, 5) is 9.34. The van der Waals surface area contributed by atoms with Gasteiger partial charge in [0.25, 0.3) is 0 Å². The largest absolute Gasteiger partial charge is 0.330 e. The van der Waals surface area contributed by atoms with Crippen LogP contribution in [0.5, 0.6) is 0 Å². The van der Waals surface area contributed by atoms with Gasteiger partial charge >= 0.3 is 7.60 Å². The Labute approximate surface area is 74.7 Å². The molecule has 1 N–H and O–H groups in total. The van der Waals surface area contributed by atoms with Crippen LogP contribution in [0, 0.1) is 0 Å². The second-order valence-corrected chi connectivity index (χ2v) is 5.28. The summed E-state index contributed by atoms with van der Waals surface area (Å²) in [5.41, 5.74) is -0.241. The Morgan fingerprint density at radius 1 is 1.50 bits per heavy atom. The maximum absolute atomic E-state index is 11.4. The minimum Gasteiger partial charge on any atom is -0.324 e. The molecule has 2 atom stereocenters. The Hall–Kier alpha value is 0.150. The third-order valence-corrected chi connectivity index (χ3v) is 3.95. The lowest BCUT2D eigenvalue weighted by Gasteiger charge is -2.17. The molecular weight excluding hydrogens is 175 g/mol. The zero-order valence-corrected chi connectivity index (χ0v) is 9.01. The summed E-state index contributed by atoms with van der Waals surface area (Å²) >= 11 is 0. The van der Waals surface area contributed by atoms with Gasteiger partial charge in [-0.3, -0.25) is 4.57 Å².